The fourth-order valence-electron chi connectivity index (χ4n) is 2.46. The molecular weight excluding hydrogens is 294 g/mol. The van der Waals surface area contributed by atoms with Crippen molar-refractivity contribution in [3.05, 3.63) is 54.0 Å². The average Bonchev–Trinajstić information content (AvgIpc) is 2.96. The highest BCUT2D eigenvalue weighted by Gasteiger charge is 2.19. The highest BCUT2D eigenvalue weighted by Crippen LogP contribution is 2.19. The number of rotatable bonds is 6. The maximum absolute atomic E-state index is 11.5. The summed E-state index contributed by atoms with van der Waals surface area (Å²) < 4.78 is 0. The van der Waals surface area contributed by atoms with Crippen LogP contribution in [0.25, 0.3) is 10.9 Å². The van der Waals surface area contributed by atoms with Gasteiger partial charge >= 0.3 is 5.97 Å². The number of fused-ring (bicyclic) bond motifs is 1. The minimum absolute atomic E-state index is 0.197. The molecule has 0 amide bonds. The largest absolute Gasteiger partial charge is 0.480 e. The number of anilines is 1. The van der Waals surface area contributed by atoms with E-state index in [2.05, 4.69) is 20.3 Å². The number of aromatic nitrogens is 3. The van der Waals surface area contributed by atoms with Crippen LogP contribution >= 0.6 is 0 Å². The Balaban J connectivity index is 1.71. The van der Waals surface area contributed by atoms with Gasteiger partial charge in [-0.2, -0.15) is 0 Å². The average molecular weight is 311 g/mol. The fraction of sp³-hybridized carbons (Fsp3) is 0.188. The molecule has 5 N–H and O–H groups in total. The van der Waals surface area contributed by atoms with Crippen LogP contribution in [0.5, 0.6) is 0 Å². The Morgan fingerprint density at radius 2 is 2.04 bits per heavy atom. The molecule has 7 nitrogen and oxygen atoms in total. The van der Waals surface area contributed by atoms with Crippen LogP contribution in [0.4, 0.5) is 5.95 Å². The van der Waals surface area contributed by atoms with Crippen LogP contribution in [-0.2, 0) is 17.8 Å². The first-order chi connectivity index (χ1) is 11.1. The lowest BCUT2D eigenvalue weighted by molar-refractivity contribution is -0.139. The van der Waals surface area contributed by atoms with Gasteiger partial charge in [0.2, 0.25) is 5.95 Å². The summed E-state index contributed by atoms with van der Waals surface area (Å²) in [5, 5.41) is 13.5. The molecular formula is C16H17N5O2. The number of nitrogen functional groups attached to an aromatic ring is 1. The van der Waals surface area contributed by atoms with Crippen molar-refractivity contribution in [1.29, 1.82) is 0 Å². The van der Waals surface area contributed by atoms with Gasteiger partial charge in [-0.3, -0.25) is 10.1 Å². The summed E-state index contributed by atoms with van der Waals surface area (Å²) in [4.78, 5) is 22.5. The van der Waals surface area contributed by atoms with Gasteiger partial charge in [0.25, 0.3) is 0 Å². The normalized spacial score (nSPS) is 12.3. The maximum atomic E-state index is 11.5. The lowest BCUT2D eigenvalue weighted by atomic mass is 10.0. The van der Waals surface area contributed by atoms with Gasteiger partial charge in [0.15, 0.2) is 0 Å². The number of hydrogen-bond acceptors (Lipinski definition) is 5. The molecule has 0 radical (unpaired) electrons. The van der Waals surface area contributed by atoms with Crippen molar-refractivity contribution >= 4 is 22.8 Å². The predicted octanol–water partition coefficient (Wildman–Crippen LogP) is 1.33. The number of carboxylic acids is 1. The van der Waals surface area contributed by atoms with E-state index in [4.69, 9.17) is 5.73 Å². The molecule has 2 heterocycles. The second kappa shape index (κ2) is 6.45. The van der Waals surface area contributed by atoms with E-state index < -0.39 is 12.0 Å². The van der Waals surface area contributed by atoms with Crippen molar-refractivity contribution < 1.29 is 9.90 Å². The number of carboxylic acid groups (broad SMARTS) is 1. The number of para-hydroxylation sites is 1. The van der Waals surface area contributed by atoms with Gasteiger partial charge in [0, 0.05) is 48.0 Å². The molecule has 0 bridgehead atoms. The molecule has 7 heteroatoms. The molecule has 3 aromatic rings. The minimum atomic E-state index is -0.897. The number of nitrogens with two attached hydrogens (primary N) is 1. The Morgan fingerprint density at radius 3 is 2.78 bits per heavy atom. The van der Waals surface area contributed by atoms with Crippen molar-refractivity contribution in [3.8, 4) is 0 Å². The van der Waals surface area contributed by atoms with Crippen LogP contribution in [0, 0.1) is 0 Å². The first-order valence-corrected chi connectivity index (χ1v) is 7.21. The Morgan fingerprint density at radius 1 is 1.30 bits per heavy atom. The molecule has 1 atom stereocenters. The molecule has 118 valence electrons. The number of H-pyrrole nitrogens is 1. The van der Waals surface area contributed by atoms with Crippen LogP contribution in [0.1, 0.15) is 11.1 Å². The molecule has 0 fully saturated rings. The summed E-state index contributed by atoms with van der Waals surface area (Å²) in [6.45, 7) is 0.361. The van der Waals surface area contributed by atoms with E-state index in [1.807, 2.05) is 30.5 Å². The Bertz CT molecular complexity index is 813. The van der Waals surface area contributed by atoms with Crippen molar-refractivity contribution in [3.63, 3.8) is 0 Å². The third-order valence-electron chi connectivity index (χ3n) is 3.67. The van der Waals surface area contributed by atoms with Crippen LogP contribution in [-0.4, -0.2) is 32.1 Å². The highest BCUT2D eigenvalue weighted by molar-refractivity contribution is 5.84. The van der Waals surface area contributed by atoms with Gasteiger partial charge in [-0.15, -0.1) is 0 Å². The van der Waals surface area contributed by atoms with E-state index in [9.17, 15) is 9.90 Å². The molecule has 0 saturated heterocycles. The van der Waals surface area contributed by atoms with E-state index in [1.54, 1.807) is 12.4 Å². The molecule has 3 rings (SSSR count). The van der Waals surface area contributed by atoms with E-state index in [-0.39, 0.29) is 5.95 Å². The number of carbonyl (C=O) groups is 1. The van der Waals surface area contributed by atoms with Crippen molar-refractivity contribution in [2.24, 2.45) is 0 Å². The third kappa shape index (κ3) is 3.46. The SMILES string of the molecule is Nc1ncc(CN[C@H](Cc2c[nH]c3ccccc23)C(=O)O)cn1. The van der Waals surface area contributed by atoms with E-state index >= 15 is 0 Å². The molecule has 0 aliphatic rings. The topological polar surface area (TPSA) is 117 Å². The van der Waals surface area contributed by atoms with Crippen LogP contribution < -0.4 is 11.1 Å². The number of aromatic amines is 1. The highest BCUT2D eigenvalue weighted by atomic mass is 16.4. The first-order valence-electron chi connectivity index (χ1n) is 7.21. The van der Waals surface area contributed by atoms with Crippen LogP contribution in [0.2, 0.25) is 0 Å². The van der Waals surface area contributed by atoms with Gasteiger partial charge in [-0.25, -0.2) is 9.97 Å². The van der Waals surface area contributed by atoms with Crippen LogP contribution in [0.3, 0.4) is 0 Å². The van der Waals surface area contributed by atoms with E-state index in [0.717, 1.165) is 22.0 Å². The summed E-state index contributed by atoms with van der Waals surface area (Å²) in [6, 6.07) is 7.12. The monoisotopic (exact) mass is 311 g/mol. The molecule has 0 unspecified atom stereocenters. The summed E-state index contributed by atoms with van der Waals surface area (Å²) in [5.41, 5.74) is 8.18. The zero-order chi connectivity index (χ0) is 16.2. The van der Waals surface area contributed by atoms with Crippen LogP contribution in [0.15, 0.2) is 42.9 Å². The summed E-state index contributed by atoms with van der Waals surface area (Å²) >= 11 is 0. The Labute approximate surface area is 132 Å². The number of hydrogen-bond donors (Lipinski definition) is 4. The number of nitrogens with one attached hydrogen (secondary N) is 2. The number of aliphatic carboxylic acids is 1. The van der Waals surface area contributed by atoms with Gasteiger partial charge < -0.3 is 15.8 Å². The Hall–Kier alpha value is -2.93. The van der Waals surface area contributed by atoms with Gasteiger partial charge in [0.05, 0.1) is 0 Å². The first kappa shape index (κ1) is 15.0. The van der Waals surface area contributed by atoms with Gasteiger partial charge in [-0.05, 0) is 11.6 Å². The molecule has 0 saturated carbocycles. The number of benzene rings is 1. The summed E-state index contributed by atoms with van der Waals surface area (Å²) in [5.74, 6) is -0.700. The summed E-state index contributed by atoms with van der Waals surface area (Å²) in [6.07, 6.45) is 5.41. The second-order valence-corrected chi connectivity index (χ2v) is 5.28. The Kier molecular flexibility index (Phi) is 4.20. The van der Waals surface area contributed by atoms with Crippen molar-refractivity contribution in [2.75, 3.05) is 5.73 Å². The smallest absolute Gasteiger partial charge is 0.321 e. The molecule has 0 aliphatic carbocycles. The number of nitrogens with zero attached hydrogens (tertiary/aromatic N) is 2. The molecule has 0 aliphatic heterocycles. The lowest BCUT2D eigenvalue weighted by Gasteiger charge is -2.14. The van der Waals surface area contributed by atoms with Gasteiger partial charge in [0.1, 0.15) is 6.04 Å². The van der Waals surface area contributed by atoms with Crippen molar-refractivity contribution in [1.82, 2.24) is 20.3 Å². The molecule has 1 aromatic carbocycles. The standard InChI is InChI=1S/C16H17N5O2/c17-16-20-7-10(8-21-16)6-18-14(15(22)23)5-11-9-19-13-4-2-1-3-12(11)13/h1-4,7-9,14,18-19H,5-6H2,(H,22,23)(H2,17,20,21)/t14-/m1/s1. The molecule has 0 spiro atoms. The third-order valence-corrected chi connectivity index (χ3v) is 3.67. The van der Waals surface area contributed by atoms with Crippen molar-refractivity contribution in [2.45, 2.75) is 19.0 Å². The maximum Gasteiger partial charge on any atom is 0.321 e. The fourth-order valence-corrected chi connectivity index (χ4v) is 2.46. The lowest BCUT2D eigenvalue weighted by Crippen LogP contribution is -2.38. The van der Waals surface area contributed by atoms with E-state index in [1.165, 1.54) is 0 Å². The quantitative estimate of drug-likeness (QED) is 0.545. The zero-order valence-corrected chi connectivity index (χ0v) is 12.4. The second-order valence-electron chi connectivity index (χ2n) is 5.28. The van der Waals surface area contributed by atoms with E-state index in [0.29, 0.717) is 13.0 Å². The molecule has 23 heavy (non-hydrogen) atoms. The molecule has 2 aromatic heterocycles. The van der Waals surface area contributed by atoms with Gasteiger partial charge in [-0.1, -0.05) is 18.2 Å². The minimum Gasteiger partial charge on any atom is -0.480 e. The zero-order valence-electron chi connectivity index (χ0n) is 12.4. The predicted molar refractivity (Wildman–Crippen MR) is 86.7 cm³/mol. The summed E-state index contributed by atoms with van der Waals surface area (Å²) in [7, 11) is 0.